The summed E-state index contributed by atoms with van der Waals surface area (Å²) in [6.07, 6.45) is 4.48. The number of likely N-dealkylation sites (tertiary alicyclic amines) is 1. The first-order valence-electron chi connectivity index (χ1n) is 7.28. The van der Waals surface area contributed by atoms with Crippen molar-refractivity contribution in [2.75, 3.05) is 19.7 Å². The highest BCUT2D eigenvalue weighted by molar-refractivity contribution is 5.77. The van der Waals surface area contributed by atoms with Crippen molar-refractivity contribution in [3.63, 3.8) is 0 Å². The molecule has 1 aliphatic heterocycles. The maximum atomic E-state index is 12.3. The van der Waals surface area contributed by atoms with E-state index in [1.807, 2.05) is 37.3 Å². The van der Waals surface area contributed by atoms with Gasteiger partial charge in [-0.25, -0.2) is 4.79 Å². The largest absolute Gasteiger partial charge is 0.464 e. The van der Waals surface area contributed by atoms with Crippen LogP contribution in [0.3, 0.4) is 0 Å². The van der Waals surface area contributed by atoms with Crippen molar-refractivity contribution in [2.24, 2.45) is 0 Å². The van der Waals surface area contributed by atoms with E-state index in [0.717, 1.165) is 25.1 Å². The predicted molar refractivity (Wildman–Crippen MR) is 75.9 cm³/mol. The van der Waals surface area contributed by atoms with E-state index >= 15 is 0 Å². The lowest BCUT2D eigenvalue weighted by Crippen LogP contribution is -2.38. The summed E-state index contributed by atoms with van der Waals surface area (Å²) < 4.78 is 5.38. The van der Waals surface area contributed by atoms with E-state index in [0.29, 0.717) is 6.61 Å². The molecule has 2 rings (SSSR count). The smallest absolute Gasteiger partial charge is 0.328 e. The molecule has 104 valence electrons. The van der Waals surface area contributed by atoms with Gasteiger partial charge in [-0.1, -0.05) is 43.7 Å². The Balaban J connectivity index is 2.14. The van der Waals surface area contributed by atoms with Gasteiger partial charge in [0.1, 0.15) is 6.04 Å². The lowest BCUT2D eigenvalue weighted by Gasteiger charge is -2.33. The molecular weight excluding hydrogens is 238 g/mol. The van der Waals surface area contributed by atoms with E-state index in [1.165, 1.54) is 19.3 Å². The molecule has 0 aromatic heterocycles. The number of ether oxygens (including phenoxy) is 1. The Morgan fingerprint density at radius 2 is 1.89 bits per heavy atom. The molecule has 0 spiro atoms. The first-order chi connectivity index (χ1) is 9.33. The van der Waals surface area contributed by atoms with Gasteiger partial charge in [0.25, 0.3) is 0 Å². The number of hydrogen-bond acceptors (Lipinski definition) is 3. The van der Waals surface area contributed by atoms with E-state index in [4.69, 9.17) is 4.74 Å². The van der Waals surface area contributed by atoms with Crippen LogP contribution in [0.1, 0.15) is 44.2 Å². The quantitative estimate of drug-likeness (QED) is 0.762. The number of carbonyl (C=O) groups is 1. The summed E-state index contributed by atoms with van der Waals surface area (Å²) in [7, 11) is 0. The zero-order valence-electron chi connectivity index (χ0n) is 11.7. The average Bonchev–Trinajstić information content (AvgIpc) is 2.47. The molecule has 1 aliphatic rings. The highest BCUT2D eigenvalue weighted by atomic mass is 16.5. The lowest BCUT2D eigenvalue weighted by atomic mass is 10.0. The van der Waals surface area contributed by atoms with E-state index in [9.17, 15) is 4.79 Å². The lowest BCUT2D eigenvalue weighted by molar-refractivity contribution is -0.150. The third kappa shape index (κ3) is 3.80. The molecule has 3 heteroatoms. The second-order valence-corrected chi connectivity index (χ2v) is 5.08. The maximum Gasteiger partial charge on any atom is 0.328 e. The van der Waals surface area contributed by atoms with Gasteiger partial charge in [0.2, 0.25) is 0 Å². The molecule has 3 nitrogen and oxygen atoms in total. The van der Waals surface area contributed by atoms with Crippen molar-refractivity contribution in [2.45, 2.75) is 38.6 Å². The molecule has 1 atom stereocenters. The summed E-state index contributed by atoms with van der Waals surface area (Å²) in [5.74, 6) is -0.102. The SMILES string of the molecule is CCCOC(=O)C(c1ccccc1)N1CCCCC1. The molecule has 0 radical (unpaired) electrons. The van der Waals surface area contributed by atoms with E-state index in [2.05, 4.69) is 4.90 Å². The van der Waals surface area contributed by atoms with E-state index in [1.54, 1.807) is 0 Å². The second-order valence-electron chi connectivity index (χ2n) is 5.08. The Morgan fingerprint density at radius 1 is 1.21 bits per heavy atom. The number of nitrogens with zero attached hydrogens (tertiary/aromatic N) is 1. The van der Waals surface area contributed by atoms with Crippen molar-refractivity contribution < 1.29 is 9.53 Å². The van der Waals surface area contributed by atoms with Crippen LogP contribution < -0.4 is 0 Å². The minimum absolute atomic E-state index is 0.102. The van der Waals surface area contributed by atoms with E-state index in [-0.39, 0.29) is 12.0 Å². The summed E-state index contributed by atoms with van der Waals surface area (Å²) >= 11 is 0. The van der Waals surface area contributed by atoms with Gasteiger partial charge in [0.05, 0.1) is 6.61 Å². The fourth-order valence-corrected chi connectivity index (χ4v) is 2.59. The molecule has 0 amide bonds. The summed E-state index contributed by atoms with van der Waals surface area (Å²) in [6, 6.07) is 9.76. The van der Waals surface area contributed by atoms with Crippen LogP contribution in [0, 0.1) is 0 Å². The third-order valence-corrected chi connectivity index (χ3v) is 3.54. The second kappa shape index (κ2) is 7.29. The number of piperidine rings is 1. The Labute approximate surface area is 115 Å². The summed E-state index contributed by atoms with van der Waals surface area (Å²) in [5.41, 5.74) is 1.05. The van der Waals surface area contributed by atoms with Crippen LogP contribution in [-0.2, 0) is 9.53 Å². The van der Waals surface area contributed by atoms with Crippen LogP contribution in [0.25, 0.3) is 0 Å². The number of rotatable bonds is 5. The van der Waals surface area contributed by atoms with Crippen LogP contribution in [-0.4, -0.2) is 30.6 Å². The fourth-order valence-electron chi connectivity index (χ4n) is 2.59. The predicted octanol–water partition coefficient (Wildman–Crippen LogP) is 3.17. The van der Waals surface area contributed by atoms with Gasteiger partial charge in [-0.15, -0.1) is 0 Å². The van der Waals surface area contributed by atoms with Gasteiger partial charge in [0.15, 0.2) is 0 Å². The molecular formula is C16H23NO2. The van der Waals surface area contributed by atoms with Gasteiger partial charge >= 0.3 is 5.97 Å². The van der Waals surface area contributed by atoms with Gasteiger partial charge in [-0.05, 0) is 37.9 Å². The highest BCUT2D eigenvalue weighted by Gasteiger charge is 2.29. The maximum absolute atomic E-state index is 12.3. The number of esters is 1. The monoisotopic (exact) mass is 261 g/mol. The number of hydrogen-bond donors (Lipinski definition) is 0. The molecule has 1 aromatic rings. The first-order valence-corrected chi connectivity index (χ1v) is 7.28. The molecule has 19 heavy (non-hydrogen) atoms. The summed E-state index contributed by atoms with van der Waals surface area (Å²) in [4.78, 5) is 14.6. The summed E-state index contributed by atoms with van der Waals surface area (Å²) in [5, 5.41) is 0. The molecule has 1 heterocycles. The Morgan fingerprint density at radius 3 is 2.53 bits per heavy atom. The van der Waals surface area contributed by atoms with Gasteiger partial charge in [-0.2, -0.15) is 0 Å². The standard InChI is InChI=1S/C16H23NO2/c1-2-13-19-16(18)15(14-9-5-3-6-10-14)17-11-7-4-8-12-17/h3,5-6,9-10,15H,2,4,7-8,11-13H2,1H3. The minimum atomic E-state index is -0.229. The van der Waals surface area contributed by atoms with E-state index < -0.39 is 0 Å². The Hall–Kier alpha value is -1.35. The third-order valence-electron chi connectivity index (χ3n) is 3.54. The van der Waals surface area contributed by atoms with Crippen molar-refractivity contribution in [3.8, 4) is 0 Å². The van der Waals surface area contributed by atoms with Crippen LogP contribution in [0.2, 0.25) is 0 Å². The van der Waals surface area contributed by atoms with Gasteiger partial charge in [0, 0.05) is 0 Å². The van der Waals surface area contributed by atoms with Crippen molar-refractivity contribution in [1.82, 2.24) is 4.90 Å². The fraction of sp³-hybridized carbons (Fsp3) is 0.562. The first kappa shape index (κ1) is 14.1. The molecule has 1 saturated heterocycles. The van der Waals surface area contributed by atoms with Gasteiger partial charge in [-0.3, -0.25) is 4.90 Å². The molecule has 1 unspecified atom stereocenters. The zero-order valence-corrected chi connectivity index (χ0v) is 11.7. The molecule has 1 fully saturated rings. The molecule has 0 saturated carbocycles. The number of benzene rings is 1. The molecule has 0 bridgehead atoms. The Bertz CT molecular complexity index is 385. The Kier molecular flexibility index (Phi) is 5.40. The van der Waals surface area contributed by atoms with Crippen LogP contribution in [0.15, 0.2) is 30.3 Å². The molecule has 1 aromatic carbocycles. The van der Waals surface area contributed by atoms with Crippen LogP contribution >= 0.6 is 0 Å². The van der Waals surface area contributed by atoms with Gasteiger partial charge < -0.3 is 4.74 Å². The highest BCUT2D eigenvalue weighted by Crippen LogP contribution is 2.25. The summed E-state index contributed by atoms with van der Waals surface area (Å²) in [6.45, 7) is 4.50. The molecule has 0 N–H and O–H groups in total. The van der Waals surface area contributed by atoms with Crippen molar-refractivity contribution in [1.29, 1.82) is 0 Å². The van der Waals surface area contributed by atoms with Crippen molar-refractivity contribution in [3.05, 3.63) is 35.9 Å². The minimum Gasteiger partial charge on any atom is -0.464 e. The zero-order chi connectivity index (χ0) is 13.5. The van der Waals surface area contributed by atoms with Crippen molar-refractivity contribution >= 4 is 5.97 Å². The number of carbonyl (C=O) groups excluding carboxylic acids is 1. The molecule has 0 aliphatic carbocycles. The average molecular weight is 261 g/mol. The van der Waals surface area contributed by atoms with Crippen LogP contribution in [0.4, 0.5) is 0 Å². The van der Waals surface area contributed by atoms with Crippen LogP contribution in [0.5, 0.6) is 0 Å². The normalized spacial score (nSPS) is 17.9. The topological polar surface area (TPSA) is 29.5 Å².